The van der Waals surface area contributed by atoms with Crippen LogP contribution in [0.25, 0.3) is 5.32 Å². The minimum atomic E-state index is -1.72. The Morgan fingerprint density at radius 3 is 1.31 bits per heavy atom. The molecule has 0 unspecified atom stereocenters. The van der Waals surface area contributed by atoms with Gasteiger partial charge in [0.25, 0.3) is 0 Å². The minimum absolute atomic E-state index is 0.120. The molecule has 0 amide bonds. The molecular formula is C45H61N5Si3Zn-. The molecule has 1 radical (unpaired) electrons. The van der Waals surface area contributed by atoms with E-state index in [9.17, 15) is 0 Å². The van der Waals surface area contributed by atoms with E-state index in [1.807, 2.05) is 19.9 Å². The van der Waals surface area contributed by atoms with E-state index in [0.717, 1.165) is 65.1 Å². The number of hydrogen-bond donors (Lipinski definition) is 0. The molecule has 4 aromatic carbocycles. The van der Waals surface area contributed by atoms with Crippen LogP contribution in [0, 0.1) is 0 Å². The van der Waals surface area contributed by atoms with Crippen molar-refractivity contribution < 1.29 is 18.1 Å². The average Bonchev–Trinajstić information content (AvgIpc) is 3.07. The van der Waals surface area contributed by atoms with Gasteiger partial charge in [-0.15, -0.1) is 5.69 Å². The number of rotatable bonds is 2. The van der Waals surface area contributed by atoms with Crippen molar-refractivity contribution in [2.45, 2.75) is 99.5 Å². The summed E-state index contributed by atoms with van der Waals surface area (Å²) in [5, 5.41) is 4.81. The van der Waals surface area contributed by atoms with Crippen LogP contribution in [-0.4, -0.2) is 36.7 Å². The second-order valence-electron chi connectivity index (χ2n) is 16.5. The Morgan fingerprint density at radius 1 is 0.593 bits per heavy atom. The molecule has 4 aromatic rings. The average molecular weight is 822 g/mol. The Hall–Kier alpha value is -3.63. The number of nitrogens with zero attached hydrogens (tertiary/aromatic N) is 5. The van der Waals surface area contributed by atoms with E-state index in [1.54, 1.807) is 0 Å². The Balaban J connectivity index is 0.000000695. The molecule has 54 heavy (non-hydrogen) atoms. The van der Waals surface area contributed by atoms with E-state index in [4.69, 9.17) is 15.3 Å². The van der Waals surface area contributed by atoms with Gasteiger partial charge in [0.1, 0.15) is 0 Å². The van der Waals surface area contributed by atoms with Gasteiger partial charge >= 0.3 is 49.3 Å². The molecule has 0 saturated heterocycles. The Labute approximate surface area is 341 Å². The summed E-state index contributed by atoms with van der Waals surface area (Å²) in [6.45, 7) is 29.0. The summed E-state index contributed by atoms with van der Waals surface area (Å²) in [4.78, 5) is 9.72. The molecule has 0 atom stereocenters. The fourth-order valence-electron chi connectivity index (χ4n) is 5.80. The Bertz CT molecular complexity index is 1910. The molecule has 11 rings (SSSR count). The summed E-state index contributed by atoms with van der Waals surface area (Å²) < 4.78 is 6.81. The maximum Gasteiger partial charge on any atom is 0.0379 e. The van der Waals surface area contributed by atoms with Crippen LogP contribution in [0.5, 0.6) is 0 Å². The summed E-state index contributed by atoms with van der Waals surface area (Å²) in [5.41, 5.74) is 13.2. The van der Waals surface area contributed by atoms with Crippen molar-refractivity contribution in [2.24, 2.45) is 13.3 Å². The molecule has 0 N–H and O–H groups in total. The van der Waals surface area contributed by atoms with Crippen molar-refractivity contribution >= 4 is 59.4 Å². The number of hydrogen-bond acceptors (Lipinski definition) is 4. The van der Waals surface area contributed by atoms with Gasteiger partial charge in [-0.3, -0.25) is 9.98 Å². The summed E-state index contributed by atoms with van der Waals surface area (Å²) in [7, 11) is -2.56. The second-order valence-corrected chi connectivity index (χ2v) is 31.0. The van der Waals surface area contributed by atoms with E-state index in [0.29, 0.717) is 0 Å². The van der Waals surface area contributed by atoms with Crippen LogP contribution in [0.2, 0.25) is 58.9 Å². The van der Waals surface area contributed by atoms with Crippen molar-refractivity contribution in [3.05, 3.63) is 148 Å². The zero-order valence-electron chi connectivity index (χ0n) is 35.2. The monoisotopic (exact) mass is 819 g/mol. The predicted molar refractivity (Wildman–Crippen MR) is 242 cm³/mol. The molecule has 0 saturated carbocycles. The topological polar surface area (TPSA) is 54.4 Å². The van der Waals surface area contributed by atoms with Crippen LogP contribution in [-0.2, 0) is 31.0 Å². The summed E-state index contributed by atoms with van der Waals surface area (Å²) in [5.74, 6) is 0. The van der Waals surface area contributed by atoms with Gasteiger partial charge in [0, 0.05) is 31.6 Å². The maximum atomic E-state index is 4.93. The second kappa shape index (κ2) is 20.9. The van der Waals surface area contributed by atoms with E-state index in [-0.39, 0.29) is 8.80 Å². The van der Waals surface area contributed by atoms with Crippen LogP contribution in [0.1, 0.15) is 49.9 Å². The number of benzene rings is 4. The normalized spacial score (nSPS) is 15.9. The first-order valence-electron chi connectivity index (χ1n) is 18.9. The van der Waals surface area contributed by atoms with Crippen molar-refractivity contribution in [1.29, 1.82) is 0 Å². The zero-order valence-corrected chi connectivity index (χ0v) is 41.2. The molecule has 9 heteroatoms. The molecular weight excluding hydrogens is 760 g/mol. The minimum Gasteiger partial charge on any atom is -0.0715 e. The molecule has 7 aliphatic heterocycles. The van der Waals surface area contributed by atoms with E-state index < -0.39 is 16.5 Å². The summed E-state index contributed by atoms with van der Waals surface area (Å²) in [6.07, 6.45) is 5.99. The maximum absolute atomic E-state index is 4.93. The van der Waals surface area contributed by atoms with E-state index >= 15 is 0 Å². The van der Waals surface area contributed by atoms with Gasteiger partial charge in [-0.25, -0.2) is 0 Å². The SMILES string of the molecule is CC1=Nc2ccc(cc2)Cc2ccc(cc2)N=C(C)/C=C(/C)N([Si](C)(C)C)c2ccc(cc2)Cc2ccc(cc2)[N-]/C(C)=C\1.C[Si](C)(C)[N]=[Zn].C[Si](C)C. The van der Waals surface area contributed by atoms with Crippen molar-refractivity contribution in [2.75, 3.05) is 4.57 Å². The standard InChI is InChI=1S/C39H43N4Si.C3H9NSi.C3H9Si.Zn/c1-28-24-29(2)41-37-18-10-34(11-19-37)27-35-14-22-39(23-15-35)43(44(5,6)7)31(4)25-30(3)42-38-20-12-33(13-21-38)26-32-8-16-36(40-28)17-9-32;1-5(2,3)4;1-4(2)3;/h8-25H,26-27H2,1-7H3;1-3H3;1-3H3;/q-1;;;/b29-24-,31-25-,40-28?,42-30?;;;. The van der Waals surface area contributed by atoms with Crippen LogP contribution in [0.15, 0.2) is 134 Å². The third-order valence-electron chi connectivity index (χ3n) is 8.07. The molecule has 281 valence electrons. The first kappa shape index (κ1) is 44.8. The van der Waals surface area contributed by atoms with Crippen LogP contribution < -0.4 is 4.57 Å². The molecule has 0 aliphatic carbocycles. The molecule has 7 heterocycles. The van der Waals surface area contributed by atoms with Gasteiger partial charge in [-0.1, -0.05) is 113 Å². The third kappa shape index (κ3) is 16.4. The smallest absolute Gasteiger partial charge is 0.0379 e. The van der Waals surface area contributed by atoms with Gasteiger partial charge in [0.2, 0.25) is 0 Å². The largest absolute Gasteiger partial charge is 0.0715 e. The Kier molecular flexibility index (Phi) is 17.3. The molecule has 7 aliphatic rings. The number of aliphatic imine (C=N–C) groups is 2. The van der Waals surface area contributed by atoms with Crippen molar-refractivity contribution in [3.8, 4) is 0 Å². The zero-order chi connectivity index (χ0) is 40.1. The number of allylic oxidation sites excluding steroid dienone is 4. The summed E-state index contributed by atoms with van der Waals surface area (Å²) >= 11 is 1.12. The summed E-state index contributed by atoms with van der Waals surface area (Å²) in [6, 6.07) is 34.6. The van der Waals surface area contributed by atoms with Gasteiger partial charge in [-0.2, -0.15) is 5.70 Å². The van der Waals surface area contributed by atoms with Crippen molar-refractivity contribution in [1.82, 2.24) is 0 Å². The fourth-order valence-corrected chi connectivity index (χ4v) is 7.84. The predicted octanol–water partition coefficient (Wildman–Crippen LogP) is 14.1. The van der Waals surface area contributed by atoms with Gasteiger partial charge in [-0.05, 0) is 98.3 Å². The molecule has 0 aromatic heterocycles. The molecule has 8 bridgehead atoms. The quantitative estimate of drug-likeness (QED) is 0.186. The van der Waals surface area contributed by atoms with Crippen molar-refractivity contribution in [3.63, 3.8) is 0 Å². The van der Waals surface area contributed by atoms with Gasteiger partial charge < -0.3 is 9.88 Å². The third-order valence-corrected chi connectivity index (χ3v) is 16.9. The first-order valence-corrected chi connectivity index (χ1v) is 30.1. The fraction of sp³-hybridized carbons (Fsp3) is 0.333. The van der Waals surface area contributed by atoms with Crippen LogP contribution in [0.4, 0.5) is 22.7 Å². The van der Waals surface area contributed by atoms with E-state index in [1.165, 1.54) is 33.6 Å². The number of anilines is 1. The van der Waals surface area contributed by atoms with Crippen LogP contribution in [0.3, 0.4) is 0 Å². The van der Waals surface area contributed by atoms with Gasteiger partial charge in [0.05, 0.1) is 11.4 Å². The first-order chi connectivity index (χ1) is 25.3. The molecule has 0 fully saturated rings. The van der Waals surface area contributed by atoms with Gasteiger partial charge in [0.15, 0.2) is 8.24 Å². The Morgan fingerprint density at radius 2 is 0.944 bits per heavy atom. The van der Waals surface area contributed by atoms with Crippen LogP contribution >= 0.6 is 0 Å². The van der Waals surface area contributed by atoms with E-state index in [2.05, 4.69) is 184 Å². The molecule has 5 nitrogen and oxygen atoms in total. The molecule has 0 spiro atoms.